The molecule has 0 aromatic heterocycles. The highest BCUT2D eigenvalue weighted by Crippen LogP contribution is 2.23. The molecular formula is C12H19BrN2. The van der Waals surface area contributed by atoms with Crippen molar-refractivity contribution >= 4 is 21.6 Å². The van der Waals surface area contributed by atoms with Crippen LogP contribution in [0.3, 0.4) is 0 Å². The molecule has 3 heteroatoms. The fourth-order valence-corrected chi connectivity index (χ4v) is 2.05. The van der Waals surface area contributed by atoms with Crippen molar-refractivity contribution in [2.75, 3.05) is 25.5 Å². The standard InChI is InChI=1S/C12H19BrN2/c1-10-5-6-12(11(13)9-10)15-8-4-3-7-14-2/h5-6,9,14-15H,3-4,7-8H2,1-2H3. The van der Waals surface area contributed by atoms with E-state index in [4.69, 9.17) is 0 Å². The van der Waals surface area contributed by atoms with Crippen molar-refractivity contribution < 1.29 is 0 Å². The molecule has 0 heterocycles. The number of anilines is 1. The van der Waals surface area contributed by atoms with Crippen molar-refractivity contribution in [3.8, 4) is 0 Å². The number of aryl methyl sites for hydroxylation is 1. The lowest BCUT2D eigenvalue weighted by Crippen LogP contribution is -2.10. The van der Waals surface area contributed by atoms with Gasteiger partial charge in [0.05, 0.1) is 0 Å². The summed E-state index contributed by atoms with van der Waals surface area (Å²) < 4.78 is 1.15. The third-order valence-corrected chi connectivity index (χ3v) is 2.95. The monoisotopic (exact) mass is 270 g/mol. The van der Waals surface area contributed by atoms with Gasteiger partial charge in [-0.25, -0.2) is 0 Å². The first-order valence-electron chi connectivity index (χ1n) is 5.38. The molecule has 0 atom stereocenters. The molecule has 1 aromatic carbocycles. The second-order valence-electron chi connectivity index (χ2n) is 3.72. The van der Waals surface area contributed by atoms with Crippen molar-refractivity contribution in [3.63, 3.8) is 0 Å². The van der Waals surface area contributed by atoms with E-state index in [0.717, 1.165) is 17.6 Å². The largest absolute Gasteiger partial charge is 0.384 e. The van der Waals surface area contributed by atoms with Gasteiger partial charge in [0, 0.05) is 16.7 Å². The summed E-state index contributed by atoms with van der Waals surface area (Å²) in [6.07, 6.45) is 2.41. The summed E-state index contributed by atoms with van der Waals surface area (Å²) in [5.74, 6) is 0. The molecule has 2 N–H and O–H groups in total. The van der Waals surface area contributed by atoms with Gasteiger partial charge in [0.25, 0.3) is 0 Å². The smallest absolute Gasteiger partial charge is 0.0484 e. The lowest BCUT2D eigenvalue weighted by Gasteiger charge is -2.08. The van der Waals surface area contributed by atoms with Gasteiger partial charge in [0.15, 0.2) is 0 Å². The second-order valence-corrected chi connectivity index (χ2v) is 4.58. The zero-order chi connectivity index (χ0) is 11.1. The topological polar surface area (TPSA) is 24.1 Å². The maximum Gasteiger partial charge on any atom is 0.0484 e. The first-order valence-corrected chi connectivity index (χ1v) is 6.18. The van der Waals surface area contributed by atoms with E-state index >= 15 is 0 Å². The van der Waals surface area contributed by atoms with E-state index < -0.39 is 0 Å². The van der Waals surface area contributed by atoms with Crippen LogP contribution in [0.1, 0.15) is 18.4 Å². The summed E-state index contributed by atoms with van der Waals surface area (Å²) in [4.78, 5) is 0. The van der Waals surface area contributed by atoms with Crippen LogP contribution in [-0.2, 0) is 0 Å². The Balaban J connectivity index is 2.31. The van der Waals surface area contributed by atoms with Crippen LogP contribution in [0.15, 0.2) is 22.7 Å². The van der Waals surface area contributed by atoms with Gasteiger partial charge in [-0.15, -0.1) is 0 Å². The predicted molar refractivity (Wildman–Crippen MR) is 70.5 cm³/mol. The third kappa shape index (κ3) is 4.67. The molecule has 0 amide bonds. The zero-order valence-electron chi connectivity index (χ0n) is 9.44. The molecule has 0 radical (unpaired) electrons. The van der Waals surface area contributed by atoms with Gasteiger partial charge in [-0.05, 0) is 67.0 Å². The molecule has 0 aliphatic carbocycles. The number of hydrogen-bond acceptors (Lipinski definition) is 2. The number of hydrogen-bond donors (Lipinski definition) is 2. The van der Waals surface area contributed by atoms with E-state index in [0.29, 0.717) is 0 Å². The van der Waals surface area contributed by atoms with Gasteiger partial charge in [-0.2, -0.15) is 0 Å². The molecule has 0 saturated carbocycles. The quantitative estimate of drug-likeness (QED) is 0.776. The van der Waals surface area contributed by atoms with Crippen LogP contribution in [0.2, 0.25) is 0 Å². The Morgan fingerprint density at radius 3 is 2.60 bits per heavy atom. The van der Waals surface area contributed by atoms with Crippen molar-refractivity contribution in [3.05, 3.63) is 28.2 Å². The highest BCUT2D eigenvalue weighted by atomic mass is 79.9. The van der Waals surface area contributed by atoms with Crippen LogP contribution in [0.25, 0.3) is 0 Å². The number of halogens is 1. The molecule has 1 aromatic rings. The van der Waals surface area contributed by atoms with E-state index in [2.05, 4.69) is 51.7 Å². The Labute approximate surface area is 101 Å². The van der Waals surface area contributed by atoms with E-state index in [1.165, 1.54) is 24.1 Å². The highest BCUT2D eigenvalue weighted by molar-refractivity contribution is 9.10. The molecule has 15 heavy (non-hydrogen) atoms. The molecule has 0 unspecified atom stereocenters. The molecule has 0 aliphatic heterocycles. The van der Waals surface area contributed by atoms with Crippen LogP contribution in [0.4, 0.5) is 5.69 Å². The molecule has 84 valence electrons. The summed E-state index contributed by atoms with van der Waals surface area (Å²) >= 11 is 3.56. The Kier molecular flexibility index (Phi) is 5.73. The van der Waals surface area contributed by atoms with Crippen LogP contribution in [0, 0.1) is 6.92 Å². The Hall–Kier alpha value is -0.540. The van der Waals surface area contributed by atoms with Crippen LogP contribution in [-0.4, -0.2) is 20.1 Å². The lowest BCUT2D eigenvalue weighted by molar-refractivity contribution is 0.694. The minimum atomic E-state index is 1.03. The molecule has 0 spiro atoms. The van der Waals surface area contributed by atoms with Crippen LogP contribution >= 0.6 is 15.9 Å². The summed E-state index contributed by atoms with van der Waals surface area (Å²) in [7, 11) is 1.99. The molecular weight excluding hydrogens is 252 g/mol. The Morgan fingerprint density at radius 2 is 1.93 bits per heavy atom. The molecule has 0 fully saturated rings. The number of unbranched alkanes of at least 4 members (excludes halogenated alkanes) is 1. The SMILES string of the molecule is CNCCCCNc1ccc(C)cc1Br. The Morgan fingerprint density at radius 1 is 1.20 bits per heavy atom. The predicted octanol–water partition coefficient (Wildman–Crippen LogP) is 3.17. The zero-order valence-corrected chi connectivity index (χ0v) is 11.0. The van der Waals surface area contributed by atoms with E-state index in [1.54, 1.807) is 0 Å². The molecule has 0 aliphatic rings. The van der Waals surface area contributed by atoms with Gasteiger partial charge >= 0.3 is 0 Å². The van der Waals surface area contributed by atoms with Gasteiger partial charge in [-0.1, -0.05) is 6.07 Å². The summed E-state index contributed by atoms with van der Waals surface area (Å²) in [6, 6.07) is 6.38. The van der Waals surface area contributed by atoms with Gasteiger partial charge in [0.2, 0.25) is 0 Å². The highest BCUT2D eigenvalue weighted by Gasteiger charge is 1.98. The Bertz CT molecular complexity index is 300. The summed E-state index contributed by atoms with van der Waals surface area (Å²) in [5, 5.41) is 6.57. The van der Waals surface area contributed by atoms with Crippen LogP contribution in [0.5, 0.6) is 0 Å². The first-order chi connectivity index (χ1) is 7.24. The van der Waals surface area contributed by atoms with Crippen molar-refractivity contribution in [2.45, 2.75) is 19.8 Å². The van der Waals surface area contributed by atoms with E-state index in [1.807, 2.05) is 7.05 Å². The molecule has 0 bridgehead atoms. The van der Waals surface area contributed by atoms with Crippen molar-refractivity contribution in [1.29, 1.82) is 0 Å². The maximum absolute atomic E-state index is 3.56. The maximum atomic E-state index is 3.56. The molecule has 0 saturated heterocycles. The number of benzene rings is 1. The van der Waals surface area contributed by atoms with Crippen LogP contribution < -0.4 is 10.6 Å². The number of nitrogens with one attached hydrogen (secondary N) is 2. The lowest BCUT2D eigenvalue weighted by atomic mass is 10.2. The third-order valence-electron chi connectivity index (χ3n) is 2.29. The van der Waals surface area contributed by atoms with E-state index in [9.17, 15) is 0 Å². The first kappa shape index (κ1) is 12.5. The summed E-state index contributed by atoms with van der Waals surface area (Å²) in [5.41, 5.74) is 2.47. The van der Waals surface area contributed by atoms with Gasteiger partial charge in [-0.3, -0.25) is 0 Å². The fourth-order valence-electron chi connectivity index (χ4n) is 1.41. The van der Waals surface area contributed by atoms with Gasteiger partial charge in [0.1, 0.15) is 0 Å². The second kappa shape index (κ2) is 6.85. The van der Waals surface area contributed by atoms with Crippen molar-refractivity contribution in [2.24, 2.45) is 0 Å². The fraction of sp³-hybridized carbons (Fsp3) is 0.500. The van der Waals surface area contributed by atoms with E-state index in [-0.39, 0.29) is 0 Å². The minimum absolute atomic E-state index is 1.03. The molecule has 2 nitrogen and oxygen atoms in total. The van der Waals surface area contributed by atoms with Crippen molar-refractivity contribution in [1.82, 2.24) is 5.32 Å². The number of rotatable bonds is 6. The average molecular weight is 271 g/mol. The normalized spacial score (nSPS) is 10.3. The molecule has 1 rings (SSSR count). The summed E-state index contributed by atoms with van der Waals surface area (Å²) in [6.45, 7) is 4.22. The average Bonchev–Trinajstić information content (AvgIpc) is 2.20. The minimum Gasteiger partial charge on any atom is -0.384 e. The van der Waals surface area contributed by atoms with Gasteiger partial charge < -0.3 is 10.6 Å².